The fourth-order valence-corrected chi connectivity index (χ4v) is 2.79. The van der Waals surface area contributed by atoms with Crippen molar-refractivity contribution in [1.29, 1.82) is 5.26 Å². The molecular weight excluding hydrogens is 214 g/mol. The SMILES string of the molecule is Cc1cc(SC#N)c2nc(N)sc2c1. The van der Waals surface area contributed by atoms with Gasteiger partial charge in [-0.1, -0.05) is 11.3 Å². The van der Waals surface area contributed by atoms with E-state index in [1.54, 1.807) is 0 Å². The Morgan fingerprint density at radius 1 is 1.57 bits per heavy atom. The number of nitriles is 1. The second-order valence-corrected chi connectivity index (χ2v) is 4.74. The van der Waals surface area contributed by atoms with Crippen LogP contribution in [0.15, 0.2) is 17.0 Å². The molecule has 2 rings (SSSR count). The first-order valence-corrected chi connectivity index (χ1v) is 5.56. The van der Waals surface area contributed by atoms with E-state index in [1.807, 2.05) is 19.1 Å². The number of thiazole rings is 1. The van der Waals surface area contributed by atoms with Crippen LogP contribution in [0.25, 0.3) is 10.2 Å². The van der Waals surface area contributed by atoms with Crippen LogP contribution in [0, 0.1) is 17.6 Å². The summed E-state index contributed by atoms with van der Waals surface area (Å²) in [4.78, 5) is 5.08. The molecule has 0 spiro atoms. The van der Waals surface area contributed by atoms with Crippen molar-refractivity contribution in [3.05, 3.63) is 17.7 Å². The molecule has 0 radical (unpaired) electrons. The molecule has 1 aromatic carbocycles. The summed E-state index contributed by atoms with van der Waals surface area (Å²) in [5.41, 5.74) is 7.58. The van der Waals surface area contributed by atoms with Gasteiger partial charge in [0, 0.05) is 4.90 Å². The quantitative estimate of drug-likeness (QED) is 0.594. The molecule has 0 amide bonds. The van der Waals surface area contributed by atoms with E-state index >= 15 is 0 Å². The molecule has 1 aromatic heterocycles. The van der Waals surface area contributed by atoms with Crippen LogP contribution in [0.4, 0.5) is 5.13 Å². The number of nitrogens with two attached hydrogens (primary N) is 1. The summed E-state index contributed by atoms with van der Waals surface area (Å²) in [7, 11) is 0. The number of thiocyanates is 1. The van der Waals surface area contributed by atoms with E-state index in [0.29, 0.717) is 5.13 Å². The highest BCUT2D eigenvalue weighted by Gasteiger charge is 2.07. The average Bonchev–Trinajstić information content (AvgIpc) is 2.45. The van der Waals surface area contributed by atoms with Gasteiger partial charge in [-0.3, -0.25) is 0 Å². The molecule has 0 aliphatic heterocycles. The molecule has 2 aromatic rings. The van der Waals surface area contributed by atoms with Crippen molar-refractivity contribution in [3.8, 4) is 5.40 Å². The summed E-state index contributed by atoms with van der Waals surface area (Å²) in [6.45, 7) is 2.00. The second-order valence-electron chi connectivity index (χ2n) is 2.86. The van der Waals surface area contributed by atoms with Gasteiger partial charge in [0.2, 0.25) is 0 Å². The first-order chi connectivity index (χ1) is 6.70. The van der Waals surface area contributed by atoms with Gasteiger partial charge in [0.15, 0.2) is 5.13 Å². The number of anilines is 1. The fourth-order valence-electron chi connectivity index (χ4n) is 1.27. The van der Waals surface area contributed by atoms with Crippen LogP contribution in [-0.2, 0) is 0 Å². The number of thioether (sulfide) groups is 1. The molecule has 0 atom stereocenters. The largest absolute Gasteiger partial charge is 0.375 e. The van der Waals surface area contributed by atoms with Crippen LogP contribution >= 0.6 is 23.1 Å². The standard InChI is InChI=1S/C9H7N3S2/c1-5-2-6(13-4-10)8-7(3-5)14-9(11)12-8/h2-3H,1H3,(H2,11,12). The maximum atomic E-state index is 8.63. The molecule has 0 fully saturated rings. The van der Waals surface area contributed by atoms with Gasteiger partial charge in [-0.15, -0.1) is 0 Å². The molecule has 5 heteroatoms. The Kier molecular flexibility index (Phi) is 2.32. The Morgan fingerprint density at radius 3 is 3.07 bits per heavy atom. The third kappa shape index (κ3) is 1.54. The van der Waals surface area contributed by atoms with Gasteiger partial charge in [-0.05, 0) is 36.4 Å². The van der Waals surface area contributed by atoms with Gasteiger partial charge in [0.05, 0.1) is 10.2 Å². The number of hydrogen-bond acceptors (Lipinski definition) is 5. The summed E-state index contributed by atoms with van der Waals surface area (Å²) in [5, 5.41) is 11.2. The normalized spacial score (nSPS) is 10.3. The lowest BCUT2D eigenvalue weighted by atomic mass is 10.2. The van der Waals surface area contributed by atoms with E-state index in [9.17, 15) is 0 Å². The predicted molar refractivity (Wildman–Crippen MR) is 60.2 cm³/mol. The highest BCUT2D eigenvalue weighted by atomic mass is 32.2. The van der Waals surface area contributed by atoms with Crippen LogP contribution in [0.1, 0.15) is 5.56 Å². The molecular formula is C9H7N3S2. The zero-order chi connectivity index (χ0) is 10.1. The molecule has 1 heterocycles. The van der Waals surface area contributed by atoms with E-state index < -0.39 is 0 Å². The highest BCUT2D eigenvalue weighted by molar-refractivity contribution is 8.04. The molecule has 0 aliphatic carbocycles. The maximum absolute atomic E-state index is 8.63. The fraction of sp³-hybridized carbons (Fsp3) is 0.111. The minimum absolute atomic E-state index is 0.547. The van der Waals surface area contributed by atoms with Crippen molar-refractivity contribution < 1.29 is 0 Å². The van der Waals surface area contributed by atoms with Gasteiger partial charge in [0.25, 0.3) is 0 Å². The summed E-state index contributed by atoms with van der Waals surface area (Å²) < 4.78 is 1.04. The topological polar surface area (TPSA) is 62.7 Å². The molecule has 0 bridgehead atoms. The first-order valence-electron chi connectivity index (χ1n) is 3.93. The lowest BCUT2D eigenvalue weighted by molar-refractivity contribution is 1.37. The minimum Gasteiger partial charge on any atom is -0.375 e. The second kappa shape index (κ2) is 3.48. The Bertz CT molecular complexity index is 525. The van der Waals surface area contributed by atoms with E-state index in [0.717, 1.165) is 32.4 Å². The molecule has 0 unspecified atom stereocenters. The Morgan fingerprint density at radius 2 is 2.36 bits per heavy atom. The summed E-state index contributed by atoms with van der Waals surface area (Å²) in [5.74, 6) is 0. The predicted octanol–water partition coefficient (Wildman–Crippen LogP) is 2.76. The zero-order valence-electron chi connectivity index (χ0n) is 7.44. The van der Waals surface area contributed by atoms with Crippen molar-refractivity contribution >= 4 is 38.4 Å². The number of aromatic nitrogens is 1. The van der Waals surface area contributed by atoms with Gasteiger partial charge >= 0.3 is 0 Å². The van der Waals surface area contributed by atoms with Crippen molar-refractivity contribution in [1.82, 2.24) is 4.98 Å². The summed E-state index contributed by atoms with van der Waals surface area (Å²) in [6, 6.07) is 3.99. The number of aryl methyl sites for hydroxylation is 1. The van der Waals surface area contributed by atoms with Crippen LogP contribution in [0.3, 0.4) is 0 Å². The van der Waals surface area contributed by atoms with Gasteiger partial charge in [-0.2, -0.15) is 5.26 Å². The van der Waals surface area contributed by atoms with Crippen molar-refractivity contribution in [3.63, 3.8) is 0 Å². The number of nitrogens with zero attached hydrogens (tertiary/aromatic N) is 2. The zero-order valence-corrected chi connectivity index (χ0v) is 9.08. The molecule has 2 N–H and O–H groups in total. The van der Waals surface area contributed by atoms with Crippen LogP contribution in [0.2, 0.25) is 0 Å². The molecule has 0 saturated heterocycles. The van der Waals surface area contributed by atoms with Gasteiger partial charge in [-0.25, -0.2) is 4.98 Å². The molecule has 0 saturated carbocycles. The Labute approximate surface area is 89.6 Å². The van der Waals surface area contributed by atoms with E-state index in [2.05, 4.69) is 10.4 Å². The van der Waals surface area contributed by atoms with E-state index in [-0.39, 0.29) is 0 Å². The van der Waals surface area contributed by atoms with Crippen molar-refractivity contribution in [2.75, 3.05) is 5.73 Å². The van der Waals surface area contributed by atoms with Crippen molar-refractivity contribution in [2.24, 2.45) is 0 Å². The average molecular weight is 221 g/mol. The van der Waals surface area contributed by atoms with Gasteiger partial charge < -0.3 is 5.73 Å². The Hall–Kier alpha value is -1.25. The molecule has 14 heavy (non-hydrogen) atoms. The maximum Gasteiger partial charge on any atom is 0.181 e. The summed E-state index contributed by atoms with van der Waals surface area (Å²) in [6.07, 6.45) is 0. The minimum atomic E-state index is 0.547. The van der Waals surface area contributed by atoms with E-state index in [1.165, 1.54) is 11.3 Å². The molecule has 3 nitrogen and oxygen atoms in total. The summed E-state index contributed by atoms with van der Waals surface area (Å²) >= 11 is 2.58. The monoisotopic (exact) mass is 221 g/mol. The van der Waals surface area contributed by atoms with Crippen LogP contribution in [0.5, 0.6) is 0 Å². The molecule has 0 aliphatic rings. The molecule has 70 valence electrons. The third-order valence-electron chi connectivity index (χ3n) is 1.78. The van der Waals surface area contributed by atoms with Gasteiger partial charge in [0.1, 0.15) is 5.40 Å². The van der Waals surface area contributed by atoms with Crippen LogP contribution in [-0.4, -0.2) is 4.98 Å². The van der Waals surface area contributed by atoms with Crippen molar-refractivity contribution in [2.45, 2.75) is 11.8 Å². The number of nitrogen functional groups attached to an aromatic ring is 1. The smallest absolute Gasteiger partial charge is 0.181 e. The third-order valence-corrected chi connectivity index (χ3v) is 3.23. The van der Waals surface area contributed by atoms with E-state index in [4.69, 9.17) is 11.0 Å². The Balaban J connectivity index is 2.74. The lowest BCUT2D eigenvalue weighted by Crippen LogP contribution is -1.81. The first kappa shape index (κ1) is 9.31. The number of hydrogen-bond donors (Lipinski definition) is 1. The van der Waals surface area contributed by atoms with Crippen LogP contribution < -0.4 is 5.73 Å². The highest BCUT2D eigenvalue weighted by Crippen LogP contribution is 2.32. The number of fused-ring (bicyclic) bond motifs is 1. The number of benzene rings is 1. The lowest BCUT2D eigenvalue weighted by Gasteiger charge is -1.97. The number of rotatable bonds is 1.